The van der Waals surface area contributed by atoms with E-state index in [1.807, 2.05) is 0 Å². The van der Waals surface area contributed by atoms with E-state index < -0.39 is 0 Å². The first-order valence-electron chi connectivity index (χ1n) is 4.68. The summed E-state index contributed by atoms with van der Waals surface area (Å²) in [6, 6.07) is 0. The number of hydrogen-bond acceptors (Lipinski definition) is 4. The van der Waals surface area contributed by atoms with Crippen molar-refractivity contribution in [3.05, 3.63) is 16.1 Å². The summed E-state index contributed by atoms with van der Waals surface area (Å²) in [5.41, 5.74) is 1.14. The Bertz CT molecular complexity index is 286. The number of morpholine rings is 1. The third kappa shape index (κ3) is 2.76. The molecular weight excluding hydrogens is 264 g/mol. The summed E-state index contributed by atoms with van der Waals surface area (Å²) < 4.78 is 5.30. The largest absolute Gasteiger partial charge is 0.379 e. The molecule has 2 heterocycles. The maximum atomic E-state index is 5.30. The van der Waals surface area contributed by atoms with Gasteiger partial charge in [-0.1, -0.05) is 15.9 Å². The molecule has 5 heteroatoms. The van der Waals surface area contributed by atoms with Crippen molar-refractivity contribution in [2.45, 2.75) is 11.9 Å². The lowest BCUT2D eigenvalue weighted by molar-refractivity contribution is 0.0341. The Kier molecular flexibility index (Phi) is 3.92. The van der Waals surface area contributed by atoms with Gasteiger partial charge in [-0.2, -0.15) is 0 Å². The molecule has 3 nitrogen and oxygen atoms in total. The smallest absolute Gasteiger partial charge is 0.107 e. The van der Waals surface area contributed by atoms with Gasteiger partial charge in [0.25, 0.3) is 0 Å². The van der Waals surface area contributed by atoms with E-state index in [0.29, 0.717) is 0 Å². The molecule has 0 unspecified atom stereocenters. The van der Waals surface area contributed by atoms with Gasteiger partial charge in [0.05, 0.1) is 25.5 Å². The fourth-order valence-electron chi connectivity index (χ4n) is 1.43. The molecule has 1 aliphatic rings. The van der Waals surface area contributed by atoms with E-state index in [4.69, 9.17) is 4.74 Å². The highest BCUT2D eigenvalue weighted by atomic mass is 79.9. The molecule has 2 rings (SSSR count). The lowest BCUT2D eigenvalue weighted by Crippen LogP contribution is -2.35. The highest BCUT2D eigenvalue weighted by Gasteiger charge is 2.12. The van der Waals surface area contributed by atoms with E-state index in [0.717, 1.165) is 43.9 Å². The van der Waals surface area contributed by atoms with Gasteiger partial charge in [0.1, 0.15) is 5.01 Å². The number of hydrogen-bond donors (Lipinski definition) is 0. The highest BCUT2D eigenvalue weighted by molar-refractivity contribution is 9.08. The summed E-state index contributed by atoms with van der Waals surface area (Å²) in [5, 5.41) is 4.18. The van der Waals surface area contributed by atoms with Crippen LogP contribution in [0.5, 0.6) is 0 Å². The molecule has 1 fully saturated rings. The highest BCUT2D eigenvalue weighted by Crippen LogP contribution is 2.14. The van der Waals surface area contributed by atoms with Crippen LogP contribution in [-0.2, 0) is 16.6 Å². The number of alkyl halides is 1. The molecule has 1 aromatic rings. The molecule has 0 saturated carbocycles. The predicted octanol–water partition coefficient (Wildman–Crippen LogP) is 1.87. The first-order valence-corrected chi connectivity index (χ1v) is 6.68. The second-order valence-corrected chi connectivity index (χ2v) is 4.76. The second kappa shape index (κ2) is 5.21. The number of thiazole rings is 1. The molecule has 0 spiro atoms. The van der Waals surface area contributed by atoms with Gasteiger partial charge in [0.15, 0.2) is 0 Å². The van der Waals surface area contributed by atoms with Gasteiger partial charge in [-0.05, 0) is 0 Å². The van der Waals surface area contributed by atoms with Crippen molar-refractivity contribution >= 4 is 27.3 Å². The fraction of sp³-hybridized carbons (Fsp3) is 0.667. The monoisotopic (exact) mass is 276 g/mol. The molecule has 78 valence electrons. The number of aromatic nitrogens is 1. The number of nitrogens with zero attached hydrogens (tertiary/aromatic N) is 2. The summed E-state index contributed by atoms with van der Waals surface area (Å²) in [6.07, 6.45) is 0. The lowest BCUT2D eigenvalue weighted by Gasteiger charge is -2.25. The topological polar surface area (TPSA) is 25.4 Å². The number of halogens is 1. The van der Waals surface area contributed by atoms with E-state index >= 15 is 0 Å². The molecule has 1 aliphatic heterocycles. The minimum absolute atomic E-state index is 0.854. The van der Waals surface area contributed by atoms with Gasteiger partial charge in [-0.3, -0.25) is 4.90 Å². The van der Waals surface area contributed by atoms with E-state index in [2.05, 4.69) is 31.2 Å². The van der Waals surface area contributed by atoms with E-state index in [9.17, 15) is 0 Å². The Morgan fingerprint density at radius 1 is 1.50 bits per heavy atom. The molecular formula is C9H13BrN2OS. The van der Waals surface area contributed by atoms with Gasteiger partial charge < -0.3 is 4.74 Å². The Hall–Kier alpha value is 0.0300. The van der Waals surface area contributed by atoms with Crippen molar-refractivity contribution in [2.75, 3.05) is 26.3 Å². The standard InChI is InChI=1S/C9H13BrN2OS/c10-5-8-7-14-9(11-8)6-12-1-3-13-4-2-12/h7H,1-6H2. The second-order valence-electron chi connectivity index (χ2n) is 3.25. The first-order chi connectivity index (χ1) is 6.88. The summed E-state index contributed by atoms with van der Waals surface area (Å²) in [6.45, 7) is 4.75. The molecule has 0 atom stereocenters. The van der Waals surface area contributed by atoms with Crippen molar-refractivity contribution < 1.29 is 4.74 Å². The van der Waals surface area contributed by atoms with Crippen LogP contribution in [0.1, 0.15) is 10.7 Å². The van der Waals surface area contributed by atoms with Gasteiger partial charge in [0.2, 0.25) is 0 Å². The third-order valence-electron chi connectivity index (χ3n) is 2.20. The van der Waals surface area contributed by atoms with Crippen LogP contribution in [-0.4, -0.2) is 36.2 Å². The Balaban J connectivity index is 1.89. The Labute approximate surface area is 96.2 Å². The molecule has 0 bridgehead atoms. The normalized spacial score (nSPS) is 18.6. The van der Waals surface area contributed by atoms with Crippen LogP contribution >= 0.6 is 27.3 Å². The zero-order chi connectivity index (χ0) is 9.80. The number of ether oxygens (including phenoxy) is 1. The van der Waals surface area contributed by atoms with Crippen LogP contribution < -0.4 is 0 Å². The molecule has 0 radical (unpaired) electrons. The van der Waals surface area contributed by atoms with Crippen molar-refractivity contribution in [1.29, 1.82) is 0 Å². The van der Waals surface area contributed by atoms with Crippen molar-refractivity contribution in [3.8, 4) is 0 Å². The molecule has 1 saturated heterocycles. The molecule has 0 aliphatic carbocycles. The maximum absolute atomic E-state index is 5.30. The average Bonchev–Trinajstić information content (AvgIpc) is 2.67. The van der Waals surface area contributed by atoms with Crippen molar-refractivity contribution in [1.82, 2.24) is 9.88 Å². The zero-order valence-electron chi connectivity index (χ0n) is 7.91. The Morgan fingerprint density at radius 3 is 2.93 bits per heavy atom. The SMILES string of the molecule is BrCc1csc(CN2CCOCC2)n1. The molecule has 0 N–H and O–H groups in total. The Morgan fingerprint density at radius 2 is 2.29 bits per heavy atom. The average molecular weight is 277 g/mol. The van der Waals surface area contributed by atoms with Crippen molar-refractivity contribution in [2.24, 2.45) is 0 Å². The van der Waals surface area contributed by atoms with E-state index in [1.165, 1.54) is 5.01 Å². The summed E-state index contributed by atoms with van der Waals surface area (Å²) in [4.78, 5) is 6.90. The van der Waals surface area contributed by atoms with Crippen LogP contribution in [0.3, 0.4) is 0 Å². The minimum Gasteiger partial charge on any atom is -0.379 e. The van der Waals surface area contributed by atoms with Crippen LogP contribution in [0.15, 0.2) is 5.38 Å². The van der Waals surface area contributed by atoms with Gasteiger partial charge in [-0.15, -0.1) is 11.3 Å². The summed E-state index contributed by atoms with van der Waals surface area (Å²) in [7, 11) is 0. The fourth-order valence-corrected chi connectivity index (χ4v) is 2.77. The molecule has 14 heavy (non-hydrogen) atoms. The van der Waals surface area contributed by atoms with Crippen LogP contribution in [0.4, 0.5) is 0 Å². The molecule has 1 aromatic heterocycles. The summed E-state index contributed by atoms with van der Waals surface area (Å²) >= 11 is 5.15. The predicted molar refractivity (Wildman–Crippen MR) is 60.8 cm³/mol. The third-order valence-corrected chi connectivity index (χ3v) is 3.66. The zero-order valence-corrected chi connectivity index (χ0v) is 10.3. The van der Waals surface area contributed by atoms with Crippen LogP contribution in [0.25, 0.3) is 0 Å². The van der Waals surface area contributed by atoms with E-state index in [1.54, 1.807) is 11.3 Å². The number of rotatable bonds is 3. The lowest BCUT2D eigenvalue weighted by atomic mass is 10.4. The molecule has 0 amide bonds. The molecule has 0 aromatic carbocycles. The van der Waals surface area contributed by atoms with E-state index in [-0.39, 0.29) is 0 Å². The van der Waals surface area contributed by atoms with Gasteiger partial charge >= 0.3 is 0 Å². The van der Waals surface area contributed by atoms with Gasteiger partial charge in [-0.25, -0.2) is 4.98 Å². The van der Waals surface area contributed by atoms with Crippen LogP contribution in [0.2, 0.25) is 0 Å². The quantitative estimate of drug-likeness (QED) is 0.789. The van der Waals surface area contributed by atoms with Crippen molar-refractivity contribution in [3.63, 3.8) is 0 Å². The minimum atomic E-state index is 0.854. The van der Waals surface area contributed by atoms with Crippen LogP contribution in [0, 0.1) is 0 Å². The first kappa shape index (κ1) is 10.5. The van der Waals surface area contributed by atoms with Gasteiger partial charge in [0, 0.05) is 23.8 Å². The summed E-state index contributed by atoms with van der Waals surface area (Å²) in [5.74, 6) is 0. The maximum Gasteiger partial charge on any atom is 0.107 e.